The maximum Gasteiger partial charge on any atom is 0.00112 e. The van der Waals surface area contributed by atoms with Gasteiger partial charge in [0.15, 0.2) is 0 Å². The summed E-state index contributed by atoms with van der Waals surface area (Å²) >= 11 is 0. The van der Waals surface area contributed by atoms with Crippen LogP contribution in [-0.2, 0) is 0 Å². The Balaban J connectivity index is 2.20. The van der Waals surface area contributed by atoms with Crippen LogP contribution in [0.2, 0.25) is 0 Å². The Morgan fingerprint density at radius 1 is 1.50 bits per heavy atom. The first-order chi connectivity index (χ1) is 5.86. The van der Waals surface area contributed by atoms with Crippen LogP contribution in [0.25, 0.3) is 0 Å². The fraction of sp³-hybridized carbons (Fsp3) is 0.818. The fourth-order valence-corrected chi connectivity index (χ4v) is 2.20. The molecule has 12 heavy (non-hydrogen) atoms. The van der Waals surface area contributed by atoms with Crippen molar-refractivity contribution < 1.29 is 0 Å². The minimum atomic E-state index is 0.693. The Morgan fingerprint density at radius 2 is 2.17 bits per heavy atom. The molecule has 1 aliphatic rings. The van der Waals surface area contributed by atoms with Gasteiger partial charge in [-0.15, -0.1) is 6.58 Å². The third-order valence-corrected chi connectivity index (χ3v) is 2.91. The van der Waals surface area contributed by atoms with Crippen LogP contribution in [0, 0.1) is 11.8 Å². The van der Waals surface area contributed by atoms with Crippen molar-refractivity contribution in [2.75, 3.05) is 13.6 Å². The predicted octanol–water partition coefficient (Wildman–Crippen LogP) is 2.59. The van der Waals surface area contributed by atoms with Crippen LogP contribution in [0.15, 0.2) is 12.7 Å². The van der Waals surface area contributed by atoms with Crippen LogP contribution in [0.3, 0.4) is 0 Å². The third-order valence-electron chi connectivity index (χ3n) is 2.91. The molecular weight excluding hydrogens is 146 g/mol. The molecule has 70 valence electrons. The Labute approximate surface area is 76.2 Å². The van der Waals surface area contributed by atoms with E-state index in [1.807, 2.05) is 7.05 Å². The van der Waals surface area contributed by atoms with Crippen molar-refractivity contribution in [3.05, 3.63) is 12.7 Å². The lowest BCUT2D eigenvalue weighted by Gasteiger charge is -2.16. The maximum atomic E-state index is 3.88. The van der Waals surface area contributed by atoms with Gasteiger partial charge in [0.2, 0.25) is 0 Å². The topological polar surface area (TPSA) is 12.0 Å². The molecule has 1 heteroatoms. The van der Waals surface area contributed by atoms with E-state index in [1.54, 1.807) is 0 Å². The van der Waals surface area contributed by atoms with Gasteiger partial charge < -0.3 is 5.32 Å². The highest BCUT2D eigenvalue weighted by Gasteiger charge is 2.17. The van der Waals surface area contributed by atoms with Crippen molar-refractivity contribution in [1.82, 2.24) is 5.32 Å². The van der Waals surface area contributed by atoms with E-state index >= 15 is 0 Å². The first-order valence-electron chi connectivity index (χ1n) is 5.14. The Bertz CT molecular complexity index is 125. The molecule has 0 aliphatic heterocycles. The standard InChI is InChI=1S/C11H21N/c1-3-10(9-12-2)8-11-6-4-5-7-11/h3,10-12H,1,4-9H2,2H3. The van der Waals surface area contributed by atoms with Gasteiger partial charge >= 0.3 is 0 Å². The lowest BCUT2D eigenvalue weighted by Crippen LogP contribution is -2.19. The molecule has 1 rings (SSSR count). The van der Waals surface area contributed by atoms with Crippen LogP contribution in [0.5, 0.6) is 0 Å². The largest absolute Gasteiger partial charge is 0.319 e. The van der Waals surface area contributed by atoms with Crippen LogP contribution in [0.4, 0.5) is 0 Å². The van der Waals surface area contributed by atoms with Gasteiger partial charge in [0.1, 0.15) is 0 Å². The predicted molar refractivity (Wildman–Crippen MR) is 54.2 cm³/mol. The molecule has 1 atom stereocenters. The van der Waals surface area contributed by atoms with Crippen molar-refractivity contribution in [2.45, 2.75) is 32.1 Å². The summed E-state index contributed by atoms with van der Waals surface area (Å²) in [7, 11) is 2.02. The van der Waals surface area contributed by atoms with E-state index in [0.29, 0.717) is 5.92 Å². The molecule has 0 saturated heterocycles. The lowest BCUT2D eigenvalue weighted by molar-refractivity contribution is 0.417. The van der Waals surface area contributed by atoms with Gasteiger partial charge in [0, 0.05) is 6.54 Å². The van der Waals surface area contributed by atoms with E-state index in [4.69, 9.17) is 0 Å². The second kappa shape index (κ2) is 5.36. The summed E-state index contributed by atoms with van der Waals surface area (Å²) in [6.07, 6.45) is 9.27. The first-order valence-corrected chi connectivity index (χ1v) is 5.14. The summed E-state index contributed by atoms with van der Waals surface area (Å²) in [4.78, 5) is 0. The molecule has 0 spiro atoms. The van der Waals surface area contributed by atoms with Crippen molar-refractivity contribution >= 4 is 0 Å². The highest BCUT2D eigenvalue weighted by atomic mass is 14.8. The Morgan fingerprint density at radius 3 is 2.67 bits per heavy atom. The number of nitrogens with one attached hydrogen (secondary N) is 1. The molecule has 1 saturated carbocycles. The van der Waals surface area contributed by atoms with Gasteiger partial charge in [-0.25, -0.2) is 0 Å². The van der Waals surface area contributed by atoms with E-state index in [2.05, 4.69) is 18.0 Å². The van der Waals surface area contributed by atoms with Crippen molar-refractivity contribution in [2.24, 2.45) is 11.8 Å². The average Bonchev–Trinajstić information content (AvgIpc) is 2.56. The van der Waals surface area contributed by atoms with Crippen LogP contribution >= 0.6 is 0 Å². The SMILES string of the molecule is C=CC(CNC)CC1CCCC1. The smallest absolute Gasteiger partial charge is 0.00112 e. The second-order valence-corrected chi connectivity index (χ2v) is 3.94. The van der Waals surface area contributed by atoms with Crippen LogP contribution in [0.1, 0.15) is 32.1 Å². The van der Waals surface area contributed by atoms with Gasteiger partial charge in [-0.05, 0) is 25.3 Å². The zero-order chi connectivity index (χ0) is 8.81. The van der Waals surface area contributed by atoms with E-state index in [-0.39, 0.29) is 0 Å². The molecule has 1 unspecified atom stereocenters. The zero-order valence-electron chi connectivity index (χ0n) is 8.18. The lowest BCUT2D eigenvalue weighted by atomic mass is 9.93. The highest BCUT2D eigenvalue weighted by molar-refractivity contribution is 4.83. The summed E-state index contributed by atoms with van der Waals surface area (Å²) < 4.78 is 0. The van der Waals surface area contributed by atoms with Gasteiger partial charge in [-0.2, -0.15) is 0 Å². The maximum absolute atomic E-state index is 3.88. The second-order valence-electron chi connectivity index (χ2n) is 3.94. The van der Waals surface area contributed by atoms with Gasteiger partial charge in [0.05, 0.1) is 0 Å². The Hall–Kier alpha value is -0.300. The molecule has 0 heterocycles. The molecule has 0 radical (unpaired) electrons. The van der Waals surface area contributed by atoms with Crippen LogP contribution in [-0.4, -0.2) is 13.6 Å². The first kappa shape index (κ1) is 9.79. The van der Waals surface area contributed by atoms with Gasteiger partial charge in [0.25, 0.3) is 0 Å². The number of hydrogen-bond acceptors (Lipinski definition) is 1. The summed E-state index contributed by atoms with van der Waals surface area (Å²) in [6, 6.07) is 0. The van der Waals surface area contributed by atoms with Gasteiger partial charge in [-0.1, -0.05) is 31.8 Å². The van der Waals surface area contributed by atoms with E-state index in [9.17, 15) is 0 Å². The summed E-state index contributed by atoms with van der Waals surface area (Å²) in [6.45, 7) is 4.98. The Kier molecular flexibility index (Phi) is 4.37. The summed E-state index contributed by atoms with van der Waals surface area (Å²) in [5, 5.41) is 3.22. The zero-order valence-corrected chi connectivity index (χ0v) is 8.18. The fourth-order valence-electron chi connectivity index (χ4n) is 2.20. The molecule has 1 aliphatic carbocycles. The third kappa shape index (κ3) is 2.98. The minimum absolute atomic E-state index is 0.693. The molecular formula is C11H21N. The molecule has 0 aromatic rings. The van der Waals surface area contributed by atoms with E-state index < -0.39 is 0 Å². The van der Waals surface area contributed by atoms with Crippen molar-refractivity contribution in [3.63, 3.8) is 0 Å². The number of hydrogen-bond donors (Lipinski definition) is 1. The van der Waals surface area contributed by atoms with Crippen molar-refractivity contribution in [1.29, 1.82) is 0 Å². The van der Waals surface area contributed by atoms with E-state index in [1.165, 1.54) is 32.1 Å². The van der Waals surface area contributed by atoms with E-state index in [0.717, 1.165) is 12.5 Å². The molecule has 1 N–H and O–H groups in total. The molecule has 0 bridgehead atoms. The molecule has 1 nitrogen and oxygen atoms in total. The molecule has 0 aromatic carbocycles. The average molecular weight is 167 g/mol. The quantitative estimate of drug-likeness (QED) is 0.621. The normalized spacial score (nSPS) is 21.1. The summed E-state index contributed by atoms with van der Waals surface area (Å²) in [5.41, 5.74) is 0. The molecule has 0 amide bonds. The molecule has 1 fully saturated rings. The van der Waals surface area contributed by atoms with Crippen LogP contribution < -0.4 is 5.32 Å². The van der Waals surface area contributed by atoms with Crippen molar-refractivity contribution in [3.8, 4) is 0 Å². The number of rotatable bonds is 5. The monoisotopic (exact) mass is 167 g/mol. The molecule has 0 aromatic heterocycles. The minimum Gasteiger partial charge on any atom is -0.319 e. The van der Waals surface area contributed by atoms with Gasteiger partial charge in [-0.3, -0.25) is 0 Å². The summed E-state index contributed by atoms with van der Waals surface area (Å²) in [5.74, 6) is 1.68. The highest BCUT2D eigenvalue weighted by Crippen LogP contribution is 2.30.